The molecule has 0 saturated heterocycles. The minimum atomic E-state index is 0.215. The standard InChI is InChI=1S/C5H4ClIN2O/c1-3-2-4(10-7)9-5(6)8-3/h2H,1H3. The molecule has 0 N–H and O–H groups in total. The molecule has 1 rings (SSSR count). The van der Waals surface area contributed by atoms with Crippen molar-refractivity contribution in [2.24, 2.45) is 0 Å². The number of aryl methyl sites for hydroxylation is 1. The van der Waals surface area contributed by atoms with Gasteiger partial charge in [0.05, 0.1) is 0 Å². The lowest BCUT2D eigenvalue weighted by atomic mass is 10.4. The normalized spacial score (nSPS) is 9.50. The van der Waals surface area contributed by atoms with Crippen molar-refractivity contribution in [2.45, 2.75) is 6.92 Å². The molecular formula is C5H4ClIN2O. The fourth-order valence-corrected chi connectivity index (χ4v) is 0.986. The lowest BCUT2D eigenvalue weighted by Crippen LogP contribution is -1.88. The van der Waals surface area contributed by atoms with E-state index < -0.39 is 0 Å². The van der Waals surface area contributed by atoms with Crippen molar-refractivity contribution < 1.29 is 3.07 Å². The molecular weight excluding hydrogens is 266 g/mol. The van der Waals surface area contributed by atoms with E-state index in [1.54, 1.807) is 29.1 Å². The van der Waals surface area contributed by atoms with Crippen LogP contribution in [0.1, 0.15) is 5.69 Å². The van der Waals surface area contributed by atoms with Gasteiger partial charge >= 0.3 is 0 Å². The van der Waals surface area contributed by atoms with Crippen LogP contribution in [0.3, 0.4) is 0 Å². The Morgan fingerprint density at radius 2 is 2.30 bits per heavy atom. The molecule has 3 nitrogen and oxygen atoms in total. The molecule has 54 valence electrons. The second-order valence-corrected chi connectivity index (χ2v) is 2.47. The Balaban J connectivity index is 3.06. The SMILES string of the molecule is Cc1cc(OI)nc(Cl)n1. The van der Waals surface area contributed by atoms with E-state index in [-0.39, 0.29) is 5.28 Å². The van der Waals surface area contributed by atoms with Crippen LogP contribution in [0.25, 0.3) is 0 Å². The van der Waals surface area contributed by atoms with Crippen LogP contribution in [0, 0.1) is 6.92 Å². The highest BCUT2D eigenvalue weighted by Crippen LogP contribution is 2.13. The van der Waals surface area contributed by atoms with Crippen molar-refractivity contribution in [3.05, 3.63) is 17.0 Å². The van der Waals surface area contributed by atoms with E-state index >= 15 is 0 Å². The molecule has 0 unspecified atom stereocenters. The molecule has 0 atom stereocenters. The topological polar surface area (TPSA) is 35.0 Å². The maximum Gasteiger partial charge on any atom is 0.229 e. The van der Waals surface area contributed by atoms with Crippen molar-refractivity contribution in [3.8, 4) is 5.88 Å². The van der Waals surface area contributed by atoms with Crippen molar-refractivity contribution in [3.63, 3.8) is 0 Å². The van der Waals surface area contributed by atoms with Crippen LogP contribution in [-0.4, -0.2) is 9.97 Å². The molecule has 1 aromatic rings. The van der Waals surface area contributed by atoms with Gasteiger partial charge in [-0.05, 0) is 18.5 Å². The zero-order chi connectivity index (χ0) is 7.56. The summed E-state index contributed by atoms with van der Waals surface area (Å²) in [7, 11) is 0. The third-order valence-electron chi connectivity index (χ3n) is 0.882. The number of hydrogen-bond acceptors (Lipinski definition) is 3. The summed E-state index contributed by atoms with van der Waals surface area (Å²) in [5.74, 6) is 0.484. The smallest absolute Gasteiger partial charge is 0.229 e. The predicted octanol–water partition coefficient (Wildman–Crippen LogP) is 2.17. The van der Waals surface area contributed by atoms with Gasteiger partial charge in [-0.2, -0.15) is 4.98 Å². The second kappa shape index (κ2) is 3.34. The molecule has 0 radical (unpaired) electrons. The maximum atomic E-state index is 5.52. The minimum Gasteiger partial charge on any atom is -0.408 e. The zero-order valence-corrected chi connectivity index (χ0v) is 8.05. The van der Waals surface area contributed by atoms with Crippen molar-refractivity contribution >= 4 is 34.6 Å². The molecule has 1 heterocycles. The molecule has 5 heteroatoms. The Labute approximate surface area is 77.5 Å². The Morgan fingerprint density at radius 1 is 1.60 bits per heavy atom. The molecule has 0 amide bonds. The molecule has 1 aromatic heterocycles. The van der Waals surface area contributed by atoms with Crippen molar-refractivity contribution in [2.75, 3.05) is 0 Å². The second-order valence-electron chi connectivity index (χ2n) is 1.69. The minimum absolute atomic E-state index is 0.215. The molecule has 0 saturated carbocycles. The number of nitrogens with zero attached hydrogens (tertiary/aromatic N) is 2. The average molecular weight is 270 g/mol. The lowest BCUT2D eigenvalue weighted by molar-refractivity contribution is 0.674. The summed E-state index contributed by atoms with van der Waals surface area (Å²) in [5.41, 5.74) is 0.798. The van der Waals surface area contributed by atoms with Gasteiger partial charge in [0.2, 0.25) is 11.2 Å². The van der Waals surface area contributed by atoms with Crippen LogP contribution in [0.4, 0.5) is 0 Å². The van der Waals surface area contributed by atoms with Gasteiger partial charge in [0.25, 0.3) is 0 Å². The molecule has 10 heavy (non-hydrogen) atoms. The van der Waals surface area contributed by atoms with Gasteiger partial charge in [-0.15, -0.1) is 0 Å². The van der Waals surface area contributed by atoms with Crippen LogP contribution in [0.5, 0.6) is 5.88 Å². The molecule has 0 spiro atoms. The molecule has 0 aromatic carbocycles. The lowest BCUT2D eigenvalue weighted by Gasteiger charge is -1.96. The number of rotatable bonds is 1. The van der Waals surface area contributed by atoms with Gasteiger partial charge in [-0.1, -0.05) is 0 Å². The first kappa shape index (κ1) is 8.00. The van der Waals surface area contributed by atoms with E-state index in [9.17, 15) is 0 Å². The van der Waals surface area contributed by atoms with Gasteiger partial charge < -0.3 is 3.07 Å². The first-order valence-corrected chi connectivity index (χ1v) is 3.78. The number of hydrogen-bond donors (Lipinski definition) is 0. The zero-order valence-electron chi connectivity index (χ0n) is 5.14. The Bertz CT molecular complexity index is 223. The van der Waals surface area contributed by atoms with E-state index in [0.717, 1.165) is 5.69 Å². The van der Waals surface area contributed by atoms with Crippen LogP contribution in [-0.2, 0) is 0 Å². The fourth-order valence-electron chi connectivity index (χ4n) is 0.544. The highest BCUT2D eigenvalue weighted by atomic mass is 127. The summed E-state index contributed by atoms with van der Waals surface area (Å²) >= 11 is 7.26. The first-order valence-electron chi connectivity index (χ1n) is 2.52. The number of halogens is 2. The summed E-state index contributed by atoms with van der Waals surface area (Å²) in [6, 6.07) is 1.71. The largest absolute Gasteiger partial charge is 0.408 e. The van der Waals surface area contributed by atoms with Crippen molar-refractivity contribution in [1.29, 1.82) is 0 Å². The van der Waals surface area contributed by atoms with Crippen molar-refractivity contribution in [1.82, 2.24) is 9.97 Å². The van der Waals surface area contributed by atoms with Gasteiger partial charge in [0.15, 0.2) is 23.0 Å². The molecule has 0 aliphatic carbocycles. The average Bonchev–Trinajstić information content (AvgIpc) is 1.85. The van der Waals surface area contributed by atoms with Gasteiger partial charge in [-0.3, -0.25) is 0 Å². The third kappa shape index (κ3) is 1.95. The summed E-state index contributed by atoms with van der Waals surface area (Å²) in [5, 5.41) is 0.215. The van der Waals surface area contributed by atoms with E-state index in [0.29, 0.717) is 5.88 Å². The Morgan fingerprint density at radius 3 is 2.80 bits per heavy atom. The highest BCUT2D eigenvalue weighted by molar-refractivity contribution is 14.1. The monoisotopic (exact) mass is 270 g/mol. The fraction of sp³-hybridized carbons (Fsp3) is 0.200. The number of aromatic nitrogens is 2. The van der Waals surface area contributed by atoms with E-state index in [2.05, 4.69) is 9.97 Å². The molecule has 0 fully saturated rings. The van der Waals surface area contributed by atoms with Gasteiger partial charge in [0, 0.05) is 11.8 Å². The Kier molecular flexibility index (Phi) is 2.67. The van der Waals surface area contributed by atoms with E-state index in [4.69, 9.17) is 14.7 Å². The third-order valence-corrected chi connectivity index (χ3v) is 1.50. The van der Waals surface area contributed by atoms with Crippen LogP contribution in [0.2, 0.25) is 5.28 Å². The predicted molar refractivity (Wildman–Crippen MR) is 46.4 cm³/mol. The molecule has 0 aliphatic rings. The maximum absolute atomic E-state index is 5.52. The first-order chi connectivity index (χ1) is 4.72. The van der Waals surface area contributed by atoms with Gasteiger partial charge in [0.1, 0.15) is 0 Å². The quantitative estimate of drug-likeness (QED) is 0.579. The van der Waals surface area contributed by atoms with Crippen LogP contribution < -0.4 is 3.07 Å². The van der Waals surface area contributed by atoms with E-state index in [1.165, 1.54) is 0 Å². The summed E-state index contributed by atoms with van der Waals surface area (Å²) in [6.07, 6.45) is 0. The van der Waals surface area contributed by atoms with Crippen LogP contribution >= 0.6 is 34.6 Å². The molecule has 0 aliphatic heterocycles. The van der Waals surface area contributed by atoms with Crippen LogP contribution in [0.15, 0.2) is 6.07 Å². The summed E-state index contributed by atoms with van der Waals surface area (Å²) in [6.45, 7) is 1.83. The summed E-state index contributed by atoms with van der Waals surface area (Å²) in [4.78, 5) is 7.63. The molecule has 0 bridgehead atoms. The Hall–Kier alpha value is -0.100. The van der Waals surface area contributed by atoms with Gasteiger partial charge in [-0.25, -0.2) is 4.98 Å². The highest BCUT2D eigenvalue weighted by Gasteiger charge is 1.97. The van der Waals surface area contributed by atoms with E-state index in [1.807, 2.05) is 6.92 Å². The summed E-state index contributed by atoms with van der Waals surface area (Å²) < 4.78 is 4.81.